The van der Waals surface area contributed by atoms with Gasteiger partial charge in [0.1, 0.15) is 5.01 Å². The second-order valence-corrected chi connectivity index (χ2v) is 3.74. The highest BCUT2D eigenvalue weighted by Crippen LogP contribution is 2.15. The van der Waals surface area contributed by atoms with E-state index in [4.69, 9.17) is 0 Å². The first-order valence-corrected chi connectivity index (χ1v) is 5.10. The number of ether oxygens (including phenoxy) is 1. The van der Waals surface area contributed by atoms with Gasteiger partial charge in [0.15, 0.2) is 5.69 Å². The van der Waals surface area contributed by atoms with E-state index < -0.39 is 18.1 Å². The van der Waals surface area contributed by atoms with Gasteiger partial charge in [-0.2, -0.15) is 13.2 Å². The number of rotatable bonds is 3. The molecule has 0 atom stereocenters. The standard InChI is InChI=1S/C8H7F3N2O3S/c1-16-6(14)4-3-17-5(13-4)2-12-7(15)8(9,10)11/h3H,2H2,1H3,(H,12,15). The van der Waals surface area contributed by atoms with Gasteiger partial charge in [0.25, 0.3) is 0 Å². The lowest BCUT2D eigenvalue weighted by atomic mass is 10.5. The largest absolute Gasteiger partial charge is 0.471 e. The summed E-state index contributed by atoms with van der Waals surface area (Å²) >= 11 is 0.952. The third-order valence-corrected chi connectivity index (χ3v) is 2.45. The molecule has 0 unspecified atom stereocenters. The lowest BCUT2D eigenvalue weighted by Crippen LogP contribution is -2.36. The van der Waals surface area contributed by atoms with Gasteiger partial charge < -0.3 is 10.1 Å². The van der Waals surface area contributed by atoms with E-state index in [9.17, 15) is 22.8 Å². The summed E-state index contributed by atoms with van der Waals surface area (Å²) in [5, 5.41) is 3.16. The fourth-order valence-corrected chi connectivity index (χ4v) is 1.55. The molecule has 17 heavy (non-hydrogen) atoms. The van der Waals surface area contributed by atoms with E-state index in [1.54, 1.807) is 5.32 Å². The molecule has 1 aromatic heterocycles. The van der Waals surface area contributed by atoms with Gasteiger partial charge in [-0.05, 0) is 0 Å². The number of esters is 1. The van der Waals surface area contributed by atoms with Gasteiger partial charge in [-0.25, -0.2) is 9.78 Å². The van der Waals surface area contributed by atoms with Crippen molar-refractivity contribution in [3.63, 3.8) is 0 Å². The van der Waals surface area contributed by atoms with Crippen LogP contribution in [0.1, 0.15) is 15.5 Å². The van der Waals surface area contributed by atoms with Gasteiger partial charge in [-0.1, -0.05) is 0 Å². The molecule has 0 aromatic carbocycles. The first kappa shape index (κ1) is 13.4. The summed E-state index contributed by atoms with van der Waals surface area (Å²) in [5.74, 6) is -2.73. The Morgan fingerprint density at radius 2 is 2.18 bits per heavy atom. The maximum Gasteiger partial charge on any atom is 0.471 e. The number of hydrogen-bond donors (Lipinski definition) is 1. The number of alkyl halides is 3. The lowest BCUT2D eigenvalue weighted by Gasteiger charge is -2.05. The maximum absolute atomic E-state index is 11.8. The number of nitrogens with zero attached hydrogens (tertiary/aromatic N) is 1. The Kier molecular flexibility index (Phi) is 4.05. The molecular formula is C8H7F3N2O3S. The van der Waals surface area contributed by atoms with E-state index in [1.807, 2.05) is 0 Å². The van der Waals surface area contributed by atoms with Crippen molar-refractivity contribution in [1.29, 1.82) is 0 Å². The van der Waals surface area contributed by atoms with Crippen molar-refractivity contribution in [3.8, 4) is 0 Å². The highest BCUT2D eigenvalue weighted by molar-refractivity contribution is 7.09. The summed E-state index contributed by atoms with van der Waals surface area (Å²) in [6.07, 6.45) is -4.93. The third kappa shape index (κ3) is 3.70. The third-order valence-electron chi connectivity index (χ3n) is 1.60. The Labute approximate surface area is 97.6 Å². The van der Waals surface area contributed by atoms with Crippen molar-refractivity contribution < 1.29 is 27.5 Å². The summed E-state index contributed by atoms with van der Waals surface area (Å²) in [7, 11) is 1.16. The van der Waals surface area contributed by atoms with E-state index in [2.05, 4.69) is 9.72 Å². The SMILES string of the molecule is COC(=O)c1csc(CNC(=O)C(F)(F)F)n1. The predicted molar refractivity (Wildman–Crippen MR) is 51.4 cm³/mol. The van der Waals surface area contributed by atoms with Crippen molar-refractivity contribution in [1.82, 2.24) is 10.3 Å². The van der Waals surface area contributed by atoms with Crippen LogP contribution in [0, 0.1) is 0 Å². The van der Waals surface area contributed by atoms with Crippen molar-refractivity contribution in [2.45, 2.75) is 12.7 Å². The topological polar surface area (TPSA) is 68.3 Å². The van der Waals surface area contributed by atoms with Crippen LogP contribution in [0.15, 0.2) is 5.38 Å². The van der Waals surface area contributed by atoms with Crippen LogP contribution in [0.25, 0.3) is 0 Å². The lowest BCUT2D eigenvalue weighted by molar-refractivity contribution is -0.173. The quantitative estimate of drug-likeness (QED) is 0.834. The van der Waals surface area contributed by atoms with Crippen molar-refractivity contribution >= 4 is 23.2 Å². The van der Waals surface area contributed by atoms with Crippen LogP contribution < -0.4 is 5.32 Å². The molecule has 0 saturated heterocycles. The smallest absolute Gasteiger partial charge is 0.464 e. The molecule has 0 aliphatic heterocycles. The molecular weight excluding hydrogens is 261 g/mol. The van der Waals surface area contributed by atoms with Crippen LogP contribution in [-0.2, 0) is 16.1 Å². The Morgan fingerprint density at radius 3 is 2.71 bits per heavy atom. The second-order valence-electron chi connectivity index (χ2n) is 2.80. The van der Waals surface area contributed by atoms with E-state index in [-0.39, 0.29) is 17.2 Å². The molecule has 0 aliphatic rings. The Balaban J connectivity index is 2.56. The zero-order valence-corrected chi connectivity index (χ0v) is 9.32. The number of hydrogen-bond acceptors (Lipinski definition) is 5. The van der Waals surface area contributed by atoms with Crippen LogP contribution in [0.3, 0.4) is 0 Å². The highest BCUT2D eigenvalue weighted by Gasteiger charge is 2.38. The summed E-state index contributed by atoms with van der Waals surface area (Å²) in [6.45, 7) is -0.389. The monoisotopic (exact) mass is 268 g/mol. The van der Waals surface area contributed by atoms with Crippen molar-refractivity contribution in [2.75, 3.05) is 7.11 Å². The van der Waals surface area contributed by atoms with Crippen LogP contribution in [-0.4, -0.2) is 30.1 Å². The van der Waals surface area contributed by atoms with Gasteiger partial charge in [0.2, 0.25) is 0 Å². The summed E-state index contributed by atoms with van der Waals surface area (Å²) < 4.78 is 39.9. The van der Waals surface area contributed by atoms with Crippen LogP contribution in [0.4, 0.5) is 13.2 Å². The molecule has 1 amide bonds. The average molecular weight is 268 g/mol. The van der Waals surface area contributed by atoms with Crippen LogP contribution in [0.2, 0.25) is 0 Å². The normalized spacial score (nSPS) is 11.1. The molecule has 0 saturated carbocycles. The van der Waals surface area contributed by atoms with Gasteiger partial charge in [-0.15, -0.1) is 11.3 Å². The number of halogens is 3. The minimum Gasteiger partial charge on any atom is -0.464 e. The molecule has 1 N–H and O–H groups in total. The summed E-state index contributed by atoms with van der Waals surface area (Å²) in [6, 6.07) is 0. The van der Waals surface area contributed by atoms with Crippen molar-refractivity contribution in [3.05, 3.63) is 16.1 Å². The average Bonchev–Trinajstić information content (AvgIpc) is 2.72. The zero-order valence-electron chi connectivity index (χ0n) is 8.50. The number of thiazole rings is 1. The molecule has 0 aliphatic carbocycles. The fraction of sp³-hybridized carbons (Fsp3) is 0.375. The van der Waals surface area contributed by atoms with E-state index in [1.165, 1.54) is 5.38 Å². The first-order valence-electron chi connectivity index (χ1n) is 4.22. The Bertz CT molecular complexity index is 430. The van der Waals surface area contributed by atoms with Crippen LogP contribution >= 0.6 is 11.3 Å². The Hall–Kier alpha value is -1.64. The minimum atomic E-state index is -4.93. The molecule has 1 aromatic rings. The highest BCUT2D eigenvalue weighted by atomic mass is 32.1. The Morgan fingerprint density at radius 1 is 1.53 bits per heavy atom. The van der Waals surface area contributed by atoms with E-state index in [0.29, 0.717) is 0 Å². The van der Waals surface area contributed by atoms with Gasteiger partial charge in [0, 0.05) is 5.38 Å². The molecule has 0 spiro atoms. The minimum absolute atomic E-state index is 0.00578. The second kappa shape index (κ2) is 5.13. The molecule has 0 bridgehead atoms. The molecule has 5 nitrogen and oxygen atoms in total. The van der Waals surface area contributed by atoms with Gasteiger partial charge in [0.05, 0.1) is 13.7 Å². The number of carbonyl (C=O) groups excluding carboxylic acids is 2. The first-order chi connectivity index (χ1) is 7.84. The summed E-state index contributed by atoms with van der Waals surface area (Å²) in [4.78, 5) is 25.2. The molecule has 1 rings (SSSR count). The molecule has 0 fully saturated rings. The fourth-order valence-electron chi connectivity index (χ4n) is 0.847. The molecule has 9 heteroatoms. The number of nitrogens with one attached hydrogen (secondary N) is 1. The summed E-state index contributed by atoms with van der Waals surface area (Å²) in [5.41, 5.74) is -0.00578. The zero-order chi connectivity index (χ0) is 13.1. The van der Waals surface area contributed by atoms with Crippen molar-refractivity contribution in [2.24, 2.45) is 0 Å². The molecule has 0 radical (unpaired) electrons. The number of methoxy groups -OCH3 is 1. The predicted octanol–water partition coefficient (Wildman–Crippen LogP) is 1.11. The number of carbonyl (C=O) groups is 2. The maximum atomic E-state index is 11.8. The van der Waals surface area contributed by atoms with Gasteiger partial charge >= 0.3 is 18.1 Å². The molecule has 1 heterocycles. The number of aromatic nitrogens is 1. The number of amides is 1. The van der Waals surface area contributed by atoms with E-state index in [0.717, 1.165) is 18.4 Å². The molecule has 94 valence electrons. The van der Waals surface area contributed by atoms with Gasteiger partial charge in [-0.3, -0.25) is 4.79 Å². The van der Waals surface area contributed by atoms with Crippen LogP contribution in [0.5, 0.6) is 0 Å². The van der Waals surface area contributed by atoms with E-state index >= 15 is 0 Å².